The fourth-order valence-electron chi connectivity index (χ4n) is 4.28. The van der Waals surface area contributed by atoms with Gasteiger partial charge in [-0.3, -0.25) is 0 Å². The molecule has 1 aliphatic heterocycles. The monoisotopic (exact) mass is 380 g/mol. The molecule has 0 amide bonds. The summed E-state index contributed by atoms with van der Waals surface area (Å²) in [5, 5.41) is 0. The average Bonchev–Trinajstić information content (AvgIpc) is 3.09. The Morgan fingerprint density at radius 2 is 1.56 bits per heavy atom. The molecular formula is C22H24N2O2S. The zero-order chi connectivity index (χ0) is 19.2. The van der Waals surface area contributed by atoms with Crippen LogP contribution in [-0.4, -0.2) is 23.8 Å². The minimum Gasteiger partial charge on any atom is -0.348 e. The van der Waals surface area contributed by atoms with Crippen molar-refractivity contribution >= 4 is 10.0 Å². The molecular weight excluding hydrogens is 356 g/mol. The molecule has 0 N–H and O–H groups in total. The van der Waals surface area contributed by atoms with Crippen molar-refractivity contribution in [2.24, 2.45) is 0 Å². The molecule has 1 atom stereocenters. The predicted molar refractivity (Wildman–Crippen MR) is 107 cm³/mol. The number of sulfonamides is 1. The molecule has 0 saturated carbocycles. The smallest absolute Gasteiger partial charge is 0.244 e. The second-order valence-electron chi connectivity index (χ2n) is 7.28. The van der Waals surface area contributed by atoms with Gasteiger partial charge in [0.15, 0.2) is 0 Å². The highest BCUT2D eigenvalue weighted by atomic mass is 32.2. The molecule has 27 heavy (non-hydrogen) atoms. The van der Waals surface area contributed by atoms with Crippen molar-refractivity contribution in [2.75, 3.05) is 6.54 Å². The summed E-state index contributed by atoms with van der Waals surface area (Å²) in [4.78, 5) is 0.439. The number of nitrogens with zero attached hydrogens (tertiary/aromatic N) is 2. The van der Waals surface area contributed by atoms with E-state index in [4.69, 9.17) is 0 Å². The van der Waals surface area contributed by atoms with Crippen LogP contribution < -0.4 is 0 Å². The topological polar surface area (TPSA) is 42.3 Å². The average molecular weight is 381 g/mol. The van der Waals surface area contributed by atoms with Crippen LogP contribution >= 0.6 is 0 Å². The molecule has 0 aliphatic carbocycles. The minimum atomic E-state index is -3.64. The van der Waals surface area contributed by atoms with E-state index in [1.54, 1.807) is 4.31 Å². The van der Waals surface area contributed by atoms with Crippen LogP contribution in [0.3, 0.4) is 0 Å². The fourth-order valence-corrected chi connectivity index (χ4v) is 6.28. The summed E-state index contributed by atoms with van der Waals surface area (Å²) in [6.07, 6.45) is 2.03. The van der Waals surface area contributed by atoms with E-state index in [-0.39, 0.29) is 6.04 Å². The molecule has 1 aliphatic rings. The first-order valence-corrected chi connectivity index (χ1v) is 10.6. The van der Waals surface area contributed by atoms with E-state index in [0.717, 1.165) is 27.9 Å². The molecule has 2 aromatic carbocycles. The van der Waals surface area contributed by atoms with Crippen molar-refractivity contribution in [3.05, 3.63) is 88.7 Å². The van der Waals surface area contributed by atoms with E-state index in [1.165, 1.54) is 0 Å². The molecule has 0 bridgehead atoms. The highest BCUT2D eigenvalue weighted by molar-refractivity contribution is 7.89. The summed E-state index contributed by atoms with van der Waals surface area (Å²) < 4.78 is 31.4. The van der Waals surface area contributed by atoms with Gasteiger partial charge in [-0.2, -0.15) is 4.31 Å². The number of hydrogen-bond donors (Lipinski definition) is 0. The lowest BCUT2D eigenvalue weighted by Gasteiger charge is -2.37. The molecule has 4 nitrogen and oxygen atoms in total. The number of fused-ring (bicyclic) bond motifs is 1. The fraction of sp³-hybridized carbons (Fsp3) is 0.273. The lowest BCUT2D eigenvalue weighted by atomic mass is 10.0. The van der Waals surface area contributed by atoms with Crippen LogP contribution in [0, 0.1) is 20.8 Å². The van der Waals surface area contributed by atoms with Crippen molar-refractivity contribution in [3.8, 4) is 0 Å². The predicted octanol–water partition coefficient (Wildman–Crippen LogP) is 4.21. The molecule has 140 valence electrons. The van der Waals surface area contributed by atoms with Crippen LogP contribution in [-0.2, 0) is 16.6 Å². The first-order valence-electron chi connectivity index (χ1n) is 9.19. The second kappa shape index (κ2) is 6.66. The van der Waals surface area contributed by atoms with Crippen molar-refractivity contribution in [3.63, 3.8) is 0 Å². The largest absolute Gasteiger partial charge is 0.348 e. The summed E-state index contributed by atoms with van der Waals surface area (Å²) in [5.74, 6) is 0. The Labute approximate surface area is 161 Å². The van der Waals surface area contributed by atoms with Crippen molar-refractivity contribution in [2.45, 2.75) is 38.3 Å². The van der Waals surface area contributed by atoms with E-state index in [9.17, 15) is 8.42 Å². The maximum absolute atomic E-state index is 13.8. The standard InChI is InChI=1S/C22H24N2O2S/c1-16-14-17(2)22(18(3)15-16)27(25,26)24-13-12-23-11-7-10-20(23)21(24)19-8-5-4-6-9-19/h4-11,14-15,21H,12-13H2,1-3H3/t21-/m1/s1. The number of hydrogen-bond acceptors (Lipinski definition) is 2. The van der Waals surface area contributed by atoms with Crippen molar-refractivity contribution in [1.82, 2.24) is 8.87 Å². The second-order valence-corrected chi connectivity index (χ2v) is 9.11. The van der Waals surface area contributed by atoms with E-state index in [2.05, 4.69) is 4.57 Å². The molecule has 0 fully saturated rings. The Morgan fingerprint density at radius 1 is 0.889 bits per heavy atom. The Morgan fingerprint density at radius 3 is 2.22 bits per heavy atom. The first-order chi connectivity index (χ1) is 12.9. The molecule has 2 heterocycles. The van der Waals surface area contributed by atoms with Crippen molar-refractivity contribution in [1.29, 1.82) is 0 Å². The van der Waals surface area contributed by atoms with Crippen LogP contribution in [0.15, 0.2) is 65.7 Å². The minimum absolute atomic E-state index is 0.319. The number of rotatable bonds is 3. The van der Waals surface area contributed by atoms with Gasteiger partial charge in [0.25, 0.3) is 0 Å². The maximum atomic E-state index is 13.8. The van der Waals surface area contributed by atoms with Crippen LogP contribution in [0.1, 0.15) is 34.0 Å². The van der Waals surface area contributed by atoms with Crippen molar-refractivity contribution < 1.29 is 8.42 Å². The highest BCUT2D eigenvalue weighted by Gasteiger charge is 2.38. The van der Waals surface area contributed by atoms with Crippen LogP contribution in [0.2, 0.25) is 0 Å². The van der Waals surface area contributed by atoms with E-state index >= 15 is 0 Å². The van der Waals surface area contributed by atoms with Gasteiger partial charge in [0.05, 0.1) is 10.9 Å². The zero-order valence-electron chi connectivity index (χ0n) is 15.9. The Bertz CT molecular complexity index is 1060. The van der Waals surface area contributed by atoms with Gasteiger partial charge in [-0.15, -0.1) is 0 Å². The van der Waals surface area contributed by atoms with Gasteiger partial charge in [0, 0.05) is 25.0 Å². The van der Waals surface area contributed by atoms with Crippen LogP contribution in [0.5, 0.6) is 0 Å². The van der Waals surface area contributed by atoms with Crippen LogP contribution in [0.25, 0.3) is 0 Å². The molecule has 0 saturated heterocycles. The number of aromatic nitrogens is 1. The zero-order valence-corrected chi connectivity index (χ0v) is 16.7. The lowest BCUT2D eigenvalue weighted by Crippen LogP contribution is -2.42. The van der Waals surface area contributed by atoms with Gasteiger partial charge in [-0.25, -0.2) is 8.42 Å². The number of benzene rings is 2. The maximum Gasteiger partial charge on any atom is 0.244 e. The van der Waals surface area contributed by atoms with Gasteiger partial charge >= 0.3 is 0 Å². The summed E-state index contributed by atoms with van der Waals surface area (Å²) in [6.45, 7) is 6.89. The third-order valence-electron chi connectivity index (χ3n) is 5.28. The third-order valence-corrected chi connectivity index (χ3v) is 7.45. The summed E-state index contributed by atoms with van der Waals surface area (Å²) in [6, 6.07) is 17.5. The van der Waals surface area contributed by atoms with Gasteiger partial charge in [0.2, 0.25) is 10.0 Å². The summed E-state index contributed by atoms with van der Waals surface area (Å²) >= 11 is 0. The van der Waals surface area contributed by atoms with Gasteiger partial charge in [-0.1, -0.05) is 48.0 Å². The van der Waals surface area contributed by atoms with E-state index in [0.29, 0.717) is 18.0 Å². The summed E-state index contributed by atoms with van der Waals surface area (Å²) in [7, 11) is -3.64. The van der Waals surface area contributed by atoms with Gasteiger partial charge < -0.3 is 4.57 Å². The molecule has 0 spiro atoms. The SMILES string of the molecule is Cc1cc(C)c(S(=O)(=O)N2CCn3cccc3[C@H]2c2ccccc2)c(C)c1. The Balaban J connectivity index is 1.90. The third kappa shape index (κ3) is 3.01. The molecule has 0 unspecified atom stereocenters. The summed E-state index contributed by atoms with van der Waals surface area (Å²) in [5.41, 5.74) is 4.69. The highest BCUT2D eigenvalue weighted by Crippen LogP contribution is 2.37. The van der Waals surface area contributed by atoms with E-state index in [1.807, 2.05) is 81.6 Å². The first kappa shape index (κ1) is 18.0. The van der Waals surface area contributed by atoms with Crippen LogP contribution in [0.4, 0.5) is 0 Å². The molecule has 5 heteroatoms. The molecule has 0 radical (unpaired) electrons. The lowest BCUT2D eigenvalue weighted by molar-refractivity contribution is 0.298. The quantitative estimate of drug-likeness (QED) is 0.683. The molecule has 1 aromatic heterocycles. The Kier molecular flexibility index (Phi) is 4.44. The molecule has 3 aromatic rings. The Hall–Kier alpha value is -2.37. The van der Waals surface area contributed by atoms with E-state index < -0.39 is 10.0 Å². The van der Waals surface area contributed by atoms with Gasteiger partial charge in [-0.05, 0) is 49.6 Å². The molecule has 4 rings (SSSR count). The number of aryl methyl sites for hydroxylation is 3. The van der Waals surface area contributed by atoms with Gasteiger partial charge in [0.1, 0.15) is 0 Å². The normalized spacial score (nSPS) is 17.7.